The number of ether oxygens (including phenoxy) is 1. The average Bonchev–Trinajstić information content (AvgIpc) is 2.42. The third kappa shape index (κ3) is 3.11. The van der Waals surface area contributed by atoms with E-state index in [0.29, 0.717) is 17.1 Å². The van der Waals surface area contributed by atoms with Crippen molar-refractivity contribution < 1.29 is 9.53 Å². The lowest BCUT2D eigenvalue weighted by Crippen LogP contribution is -2.12. The minimum Gasteiger partial charge on any atom is -0.481 e. The Kier molecular flexibility index (Phi) is 3.82. The van der Waals surface area contributed by atoms with E-state index in [2.05, 4.69) is 15.3 Å². The molecular formula is C12H11ClN4O2. The summed E-state index contributed by atoms with van der Waals surface area (Å²) in [5.74, 6) is 0.306. The van der Waals surface area contributed by atoms with Crippen LogP contribution in [0.5, 0.6) is 5.88 Å². The van der Waals surface area contributed by atoms with E-state index in [1.165, 1.54) is 25.6 Å². The Morgan fingerprint density at radius 1 is 1.37 bits per heavy atom. The van der Waals surface area contributed by atoms with Crippen LogP contribution >= 0.6 is 11.6 Å². The van der Waals surface area contributed by atoms with Crippen LogP contribution in [-0.2, 0) is 0 Å². The quantitative estimate of drug-likeness (QED) is 0.896. The molecule has 2 aromatic rings. The molecule has 2 aromatic heterocycles. The number of nitrogens with one attached hydrogen (secondary N) is 1. The molecule has 0 aliphatic rings. The molecule has 3 N–H and O–H groups in total. The first-order valence-electron chi connectivity index (χ1n) is 5.32. The van der Waals surface area contributed by atoms with Crippen LogP contribution in [0.25, 0.3) is 0 Å². The molecule has 0 radical (unpaired) electrons. The van der Waals surface area contributed by atoms with Crippen molar-refractivity contribution in [2.45, 2.75) is 0 Å². The van der Waals surface area contributed by atoms with Gasteiger partial charge < -0.3 is 15.8 Å². The molecule has 0 saturated heterocycles. The summed E-state index contributed by atoms with van der Waals surface area (Å²) in [6, 6.07) is 4.77. The zero-order chi connectivity index (χ0) is 13.8. The van der Waals surface area contributed by atoms with Crippen LogP contribution < -0.4 is 15.8 Å². The van der Waals surface area contributed by atoms with E-state index >= 15 is 0 Å². The van der Waals surface area contributed by atoms with E-state index < -0.39 is 0 Å². The van der Waals surface area contributed by atoms with E-state index in [1.54, 1.807) is 12.1 Å². The molecule has 0 aliphatic heterocycles. The molecule has 2 rings (SSSR count). The lowest BCUT2D eigenvalue weighted by molar-refractivity contribution is 0.102. The summed E-state index contributed by atoms with van der Waals surface area (Å²) in [5.41, 5.74) is 6.33. The zero-order valence-electron chi connectivity index (χ0n) is 10.1. The average molecular weight is 279 g/mol. The minimum atomic E-state index is -0.346. The van der Waals surface area contributed by atoms with Crippen molar-refractivity contribution in [3.8, 4) is 5.88 Å². The van der Waals surface area contributed by atoms with Crippen molar-refractivity contribution in [3.05, 3.63) is 41.2 Å². The third-order valence-corrected chi connectivity index (χ3v) is 2.64. The molecule has 98 valence electrons. The molecule has 19 heavy (non-hydrogen) atoms. The largest absolute Gasteiger partial charge is 0.481 e. The molecule has 0 spiro atoms. The van der Waals surface area contributed by atoms with Crippen LogP contribution in [0.3, 0.4) is 0 Å². The number of aromatic nitrogens is 2. The number of halogens is 1. The predicted molar refractivity (Wildman–Crippen MR) is 72.4 cm³/mol. The molecule has 0 fully saturated rings. The Labute approximate surface area is 114 Å². The van der Waals surface area contributed by atoms with Crippen LogP contribution in [0, 0.1) is 0 Å². The number of rotatable bonds is 3. The number of pyridine rings is 2. The maximum Gasteiger partial charge on any atom is 0.257 e. The number of methoxy groups -OCH3 is 1. The predicted octanol–water partition coefficient (Wildman–Crippen LogP) is 1.97. The van der Waals surface area contributed by atoms with Crippen LogP contribution in [0.15, 0.2) is 30.6 Å². The van der Waals surface area contributed by atoms with E-state index in [0.717, 1.165) is 0 Å². The molecular weight excluding hydrogens is 268 g/mol. The molecule has 0 aromatic carbocycles. The van der Waals surface area contributed by atoms with Crippen molar-refractivity contribution in [3.63, 3.8) is 0 Å². The van der Waals surface area contributed by atoms with Gasteiger partial charge in [0.2, 0.25) is 5.88 Å². The molecule has 2 heterocycles. The monoisotopic (exact) mass is 278 g/mol. The van der Waals surface area contributed by atoms with Gasteiger partial charge in [0.1, 0.15) is 5.82 Å². The number of nitrogen functional groups attached to an aromatic ring is 1. The van der Waals surface area contributed by atoms with Crippen molar-refractivity contribution in [2.75, 3.05) is 18.2 Å². The Morgan fingerprint density at radius 3 is 2.74 bits per heavy atom. The maximum atomic E-state index is 11.9. The van der Waals surface area contributed by atoms with Crippen molar-refractivity contribution >= 4 is 29.0 Å². The summed E-state index contributed by atoms with van der Waals surface area (Å²) in [7, 11) is 1.52. The first-order chi connectivity index (χ1) is 9.10. The fraction of sp³-hybridized carbons (Fsp3) is 0.0833. The lowest BCUT2D eigenvalue weighted by atomic mass is 10.2. The number of hydrogen-bond acceptors (Lipinski definition) is 5. The second kappa shape index (κ2) is 5.53. The normalized spacial score (nSPS) is 10.0. The van der Waals surface area contributed by atoms with Crippen molar-refractivity contribution in [2.24, 2.45) is 0 Å². The Hall–Kier alpha value is -2.34. The van der Waals surface area contributed by atoms with Gasteiger partial charge in [-0.15, -0.1) is 0 Å². The Bertz CT molecular complexity index is 601. The topological polar surface area (TPSA) is 90.1 Å². The molecule has 6 nitrogen and oxygen atoms in total. The second-order valence-corrected chi connectivity index (χ2v) is 4.04. The minimum absolute atomic E-state index is 0.185. The fourth-order valence-electron chi connectivity index (χ4n) is 1.35. The van der Waals surface area contributed by atoms with E-state index in [1.807, 2.05) is 0 Å². The number of anilines is 2. The fourth-order valence-corrected chi connectivity index (χ4v) is 1.52. The summed E-state index contributed by atoms with van der Waals surface area (Å²) >= 11 is 5.80. The molecule has 0 saturated carbocycles. The Balaban J connectivity index is 2.13. The molecule has 0 bridgehead atoms. The van der Waals surface area contributed by atoms with Gasteiger partial charge in [-0.1, -0.05) is 11.6 Å². The van der Waals surface area contributed by atoms with Gasteiger partial charge in [0.05, 0.1) is 29.6 Å². The summed E-state index contributed by atoms with van der Waals surface area (Å²) in [6.45, 7) is 0. The van der Waals surface area contributed by atoms with Gasteiger partial charge in [-0.25, -0.2) is 9.97 Å². The number of amides is 1. The summed E-state index contributed by atoms with van der Waals surface area (Å²) in [6.07, 6.45) is 2.84. The summed E-state index contributed by atoms with van der Waals surface area (Å²) < 4.78 is 4.92. The number of carbonyl (C=O) groups is 1. The molecule has 7 heteroatoms. The van der Waals surface area contributed by atoms with Gasteiger partial charge in [0, 0.05) is 12.3 Å². The van der Waals surface area contributed by atoms with Crippen molar-refractivity contribution in [1.82, 2.24) is 9.97 Å². The van der Waals surface area contributed by atoms with Crippen LogP contribution in [0.1, 0.15) is 10.4 Å². The SMILES string of the molecule is COc1ccc(NC(=O)c2cnc(N)c(Cl)c2)cn1. The van der Waals surface area contributed by atoms with E-state index in [-0.39, 0.29) is 16.7 Å². The zero-order valence-corrected chi connectivity index (χ0v) is 10.8. The van der Waals surface area contributed by atoms with Crippen molar-refractivity contribution in [1.29, 1.82) is 0 Å². The maximum absolute atomic E-state index is 11.9. The highest BCUT2D eigenvalue weighted by molar-refractivity contribution is 6.33. The highest BCUT2D eigenvalue weighted by Crippen LogP contribution is 2.18. The first kappa shape index (κ1) is 13.1. The van der Waals surface area contributed by atoms with Crippen LogP contribution in [0.4, 0.5) is 11.5 Å². The highest BCUT2D eigenvalue weighted by Gasteiger charge is 2.09. The molecule has 1 amide bonds. The van der Waals surface area contributed by atoms with Crippen LogP contribution in [-0.4, -0.2) is 23.0 Å². The standard InChI is InChI=1S/C12H11ClN4O2/c1-19-10-3-2-8(6-15-10)17-12(18)7-4-9(13)11(14)16-5-7/h2-6H,1H3,(H2,14,16)(H,17,18). The van der Waals surface area contributed by atoms with E-state index in [9.17, 15) is 4.79 Å². The van der Waals surface area contributed by atoms with Gasteiger partial charge >= 0.3 is 0 Å². The smallest absolute Gasteiger partial charge is 0.257 e. The van der Waals surface area contributed by atoms with E-state index in [4.69, 9.17) is 22.1 Å². The summed E-state index contributed by atoms with van der Waals surface area (Å²) in [4.78, 5) is 19.7. The third-order valence-electron chi connectivity index (χ3n) is 2.34. The number of hydrogen-bond donors (Lipinski definition) is 2. The molecule has 0 atom stereocenters. The van der Waals surface area contributed by atoms with Gasteiger partial charge in [-0.05, 0) is 12.1 Å². The van der Waals surface area contributed by atoms with Gasteiger partial charge in [-0.2, -0.15) is 0 Å². The van der Waals surface area contributed by atoms with Gasteiger partial charge in [-0.3, -0.25) is 4.79 Å². The first-order valence-corrected chi connectivity index (χ1v) is 5.70. The second-order valence-electron chi connectivity index (χ2n) is 3.63. The lowest BCUT2D eigenvalue weighted by Gasteiger charge is -2.06. The Morgan fingerprint density at radius 2 is 2.16 bits per heavy atom. The molecule has 0 unspecified atom stereocenters. The summed E-state index contributed by atoms with van der Waals surface area (Å²) in [5, 5.41) is 2.90. The van der Waals surface area contributed by atoms with Gasteiger partial charge in [0.25, 0.3) is 5.91 Å². The number of carbonyl (C=O) groups excluding carboxylic acids is 1. The highest BCUT2D eigenvalue weighted by atomic mass is 35.5. The van der Waals surface area contributed by atoms with Gasteiger partial charge in [0.15, 0.2) is 0 Å². The van der Waals surface area contributed by atoms with Crippen LogP contribution in [0.2, 0.25) is 5.02 Å². The molecule has 0 aliphatic carbocycles. The number of nitrogens with zero attached hydrogens (tertiary/aromatic N) is 2. The number of nitrogens with two attached hydrogens (primary N) is 1.